The van der Waals surface area contributed by atoms with Gasteiger partial charge in [-0.3, -0.25) is 4.98 Å². The van der Waals surface area contributed by atoms with Crippen molar-refractivity contribution in [3.8, 4) is 5.69 Å². The quantitative estimate of drug-likeness (QED) is 0.391. The Morgan fingerprint density at radius 1 is 0.871 bits per heavy atom. The summed E-state index contributed by atoms with van der Waals surface area (Å²) < 4.78 is 2.29. The van der Waals surface area contributed by atoms with Crippen LogP contribution in [0.2, 0.25) is 5.02 Å². The van der Waals surface area contributed by atoms with Crippen LogP contribution in [-0.4, -0.2) is 14.7 Å². The van der Waals surface area contributed by atoms with Gasteiger partial charge in [0.05, 0.1) is 11.7 Å². The van der Waals surface area contributed by atoms with Gasteiger partial charge in [0.25, 0.3) is 0 Å². The molecule has 2 atom stereocenters. The number of para-hydroxylation sites is 1. The van der Waals surface area contributed by atoms with E-state index in [9.17, 15) is 0 Å². The van der Waals surface area contributed by atoms with E-state index in [1.165, 1.54) is 0 Å². The molecule has 0 spiro atoms. The molecule has 1 N–H and O–H groups in total. The zero-order valence-electron chi connectivity index (χ0n) is 16.9. The number of aromatic nitrogens is 2. The second-order valence-corrected chi connectivity index (χ2v) is 8.37. The fraction of sp³-hybridized carbons (Fsp3) is 0.120. The number of nitrogens with one attached hydrogen (secondary N) is 1. The molecule has 1 fully saturated rings. The van der Waals surface area contributed by atoms with E-state index in [1.807, 2.05) is 54.7 Å². The molecule has 1 aliphatic heterocycles. The second kappa shape index (κ2) is 8.17. The van der Waals surface area contributed by atoms with Gasteiger partial charge in [0.1, 0.15) is 6.04 Å². The molecule has 3 heterocycles. The summed E-state index contributed by atoms with van der Waals surface area (Å²) in [4.78, 5) is 6.81. The molecule has 6 heteroatoms. The summed E-state index contributed by atoms with van der Waals surface area (Å²) in [6.07, 6.45) is 1.82. The lowest BCUT2D eigenvalue weighted by Crippen LogP contribution is -2.30. The molecule has 0 amide bonds. The first-order valence-electron chi connectivity index (χ1n) is 10.1. The Hall–Kier alpha value is -3.15. The Bertz CT molecular complexity index is 1210. The number of rotatable bonds is 4. The van der Waals surface area contributed by atoms with Crippen molar-refractivity contribution in [2.75, 3.05) is 4.90 Å². The molecule has 4 aromatic rings. The van der Waals surface area contributed by atoms with Crippen LogP contribution in [0.15, 0.2) is 91.1 Å². The molecule has 1 saturated heterocycles. The fourth-order valence-corrected chi connectivity index (χ4v) is 4.73. The summed E-state index contributed by atoms with van der Waals surface area (Å²) in [5, 5.41) is 4.88. The number of pyridine rings is 1. The number of benzene rings is 2. The van der Waals surface area contributed by atoms with Gasteiger partial charge in [-0.15, -0.1) is 0 Å². The maximum absolute atomic E-state index is 6.16. The molecule has 2 aromatic carbocycles. The number of hydrogen-bond donors (Lipinski definition) is 1. The van der Waals surface area contributed by atoms with Gasteiger partial charge in [-0.1, -0.05) is 35.9 Å². The van der Waals surface area contributed by atoms with Crippen LogP contribution >= 0.6 is 23.8 Å². The average Bonchev–Trinajstić information content (AvgIpc) is 3.35. The van der Waals surface area contributed by atoms with Crippen molar-refractivity contribution in [2.45, 2.75) is 19.0 Å². The van der Waals surface area contributed by atoms with Crippen LogP contribution in [0.25, 0.3) is 5.69 Å². The van der Waals surface area contributed by atoms with Gasteiger partial charge in [0.2, 0.25) is 0 Å². The number of thiocarbonyl (C=S) groups is 1. The summed E-state index contributed by atoms with van der Waals surface area (Å²) in [5.74, 6) is 0. The Kier molecular flexibility index (Phi) is 5.22. The third-order valence-corrected chi connectivity index (χ3v) is 6.19. The van der Waals surface area contributed by atoms with E-state index in [1.54, 1.807) is 0 Å². The first-order valence-corrected chi connectivity index (χ1v) is 10.9. The highest BCUT2D eigenvalue weighted by Gasteiger charge is 2.42. The van der Waals surface area contributed by atoms with E-state index in [2.05, 4.69) is 63.1 Å². The number of aryl methyl sites for hydroxylation is 1. The number of nitrogens with zero attached hydrogens (tertiary/aromatic N) is 3. The minimum atomic E-state index is -0.0962. The molecule has 31 heavy (non-hydrogen) atoms. The van der Waals surface area contributed by atoms with Crippen molar-refractivity contribution in [1.29, 1.82) is 0 Å². The lowest BCUT2D eigenvalue weighted by atomic mass is 10.0. The van der Waals surface area contributed by atoms with Gasteiger partial charge in [-0.05, 0) is 79.8 Å². The maximum atomic E-state index is 6.16. The zero-order chi connectivity index (χ0) is 21.4. The van der Waals surface area contributed by atoms with Crippen LogP contribution < -0.4 is 10.2 Å². The molecule has 1 aliphatic rings. The molecular weight excluding hydrogens is 424 g/mol. The lowest BCUT2D eigenvalue weighted by molar-refractivity contribution is 0.548. The lowest BCUT2D eigenvalue weighted by Gasteiger charge is -2.29. The highest BCUT2D eigenvalue weighted by Crippen LogP contribution is 2.42. The predicted molar refractivity (Wildman–Crippen MR) is 130 cm³/mol. The topological polar surface area (TPSA) is 33.1 Å². The van der Waals surface area contributed by atoms with Crippen LogP contribution in [0.1, 0.15) is 29.2 Å². The highest BCUT2D eigenvalue weighted by atomic mass is 35.5. The maximum Gasteiger partial charge on any atom is 0.174 e. The predicted octanol–water partition coefficient (Wildman–Crippen LogP) is 6.01. The van der Waals surface area contributed by atoms with Crippen molar-refractivity contribution in [3.63, 3.8) is 0 Å². The number of halogens is 1. The molecule has 2 aromatic heterocycles. The zero-order valence-corrected chi connectivity index (χ0v) is 18.5. The van der Waals surface area contributed by atoms with Gasteiger partial charge < -0.3 is 14.8 Å². The highest BCUT2D eigenvalue weighted by molar-refractivity contribution is 7.80. The average molecular weight is 445 g/mol. The summed E-state index contributed by atoms with van der Waals surface area (Å²) in [6.45, 7) is 2.12. The standard InChI is InChI=1S/C25H21ClN4S/c1-17-10-15-22(29(17)19-7-3-2-4-8-19)24-23(21-9-5-6-16-27-21)28-25(31)30(24)20-13-11-18(26)12-14-20/h2-16,23-24H,1H3,(H,28,31)/t23-,24-/m1/s1. The SMILES string of the molecule is Cc1ccc([C@@H]2[C@@H](c3ccccn3)NC(=S)N2c2ccc(Cl)cc2)n1-c1ccccc1. The molecule has 0 saturated carbocycles. The van der Waals surface area contributed by atoms with E-state index in [-0.39, 0.29) is 12.1 Å². The third kappa shape index (κ3) is 3.60. The van der Waals surface area contributed by atoms with Crippen molar-refractivity contribution in [1.82, 2.24) is 14.9 Å². The van der Waals surface area contributed by atoms with E-state index in [0.717, 1.165) is 28.5 Å². The van der Waals surface area contributed by atoms with E-state index in [4.69, 9.17) is 23.8 Å². The Labute approximate surface area is 192 Å². The fourth-order valence-electron chi connectivity index (χ4n) is 4.25. The molecule has 0 bridgehead atoms. The van der Waals surface area contributed by atoms with Gasteiger partial charge in [-0.25, -0.2) is 0 Å². The van der Waals surface area contributed by atoms with Crippen LogP contribution in [-0.2, 0) is 0 Å². The van der Waals surface area contributed by atoms with E-state index >= 15 is 0 Å². The first kappa shape index (κ1) is 19.8. The van der Waals surface area contributed by atoms with Crippen molar-refractivity contribution in [3.05, 3.63) is 113 Å². The summed E-state index contributed by atoms with van der Waals surface area (Å²) >= 11 is 12.0. The number of hydrogen-bond acceptors (Lipinski definition) is 2. The largest absolute Gasteiger partial charge is 0.351 e. The van der Waals surface area contributed by atoms with Gasteiger partial charge >= 0.3 is 0 Å². The van der Waals surface area contributed by atoms with Crippen molar-refractivity contribution < 1.29 is 0 Å². The monoisotopic (exact) mass is 444 g/mol. The summed E-state index contributed by atoms with van der Waals surface area (Å²) in [6, 6.07) is 28.3. The van der Waals surface area contributed by atoms with Gasteiger partial charge in [0, 0.05) is 34.0 Å². The first-order chi connectivity index (χ1) is 15.1. The molecule has 0 radical (unpaired) electrons. The second-order valence-electron chi connectivity index (χ2n) is 7.54. The Morgan fingerprint density at radius 3 is 2.32 bits per heavy atom. The molecule has 154 valence electrons. The smallest absolute Gasteiger partial charge is 0.174 e. The summed E-state index contributed by atoms with van der Waals surface area (Å²) in [5.41, 5.74) is 5.36. The molecule has 0 unspecified atom stereocenters. The Balaban J connectivity index is 1.70. The van der Waals surface area contributed by atoms with Crippen LogP contribution in [0.4, 0.5) is 5.69 Å². The van der Waals surface area contributed by atoms with Crippen LogP contribution in [0.5, 0.6) is 0 Å². The normalized spacial score (nSPS) is 18.3. The minimum Gasteiger partial charge on any atom is -0.351 e. The van der Waals surface area contributed by atoms with Crippen molar-refractivity contribution in [2.24, 2.45) is 0 Å². The van der Waals surface area contributed by atoms with Crippen molar-refractivity contribution >= 4 is 34.6 Å². The molecular formula is C25H21ClN4S. The van der Waals surface area contributed by atoms with Crippen LogP contribution in [0.3, 0.4) is 0 Å². The Morgan fingerprint density at radius 2 is 1.61 bits per heavy atom. The summed E-state index contributed by atoms with van der Waals surface area (Å²) in [7, 11) is 0. The number of anilines is 1. The molecule has 0 aliphatic carbocycles. The minimum absolute atomic E-state index is 0.0857. The van der Waals surface area contributed by atoms with E-state index in [0.29, 0.717) is 10.1 Å². The molecule has 4 nitrogen and oxygen atoms in total. The third-order valence-electron chi connectivity index (χ3n) is 5.63. The van der Waals surface area contributed by atoms with Gasteiger partial charge in [-0.2, -0.15) is 0 Å². The van der Waals surface area contributed by atoms with Gasteiger partial charge in [0.15, 0.2) is 5.11 Å². The van der Waals surface area contributed by atoms with Crippen LogP contribution in [0, 0.1) is 6.92 Å². The van der Waals surface area contributed by atoms with E-state index < -0.39 is 0 Å². The molecule has 5 rings (SSSR count).